The van der Waals surface area contributed by atoms with Crippen molar-refractivity contribution in [1.82, 2.24) is 14.7 Å². The van der Waals surface area contributed by atoms with Crippen molar-refractivity contribution >= 4 is 0 Å². The number of piperidine rings is 1. The van der Waals surface area contributed by atoms with Crippen LogP contribution < -0.4 is 0 Å². The zero-order valence-corrected chi connectivity index (χ0v) is 12.9. The molecular formula is C15H31N3. The molecule has 1 aliphatic heterocycles. The highest BCUT2D eigenvalue weighted by Crippen LogP contribution is 2.13. The Balaban J connectivity index is 2.20. The molecule has 0 aliphatic carbocycles. The summed E-state index contributed by atoms with van der Waals surface area (Å²) in [7, 11) is 6.72. The zero-order chi connectivity index (χ0) is 13.5. The summed E-state index contributed by atoms with van der Waals surface area (Å²) in [6, 6.07) is 0.790. The van der Waals surface area contributed by atoms with Gasteiger partial charge in [0.25, 0.3) is 0 Å². The second-order valence-corrected chi connectivity index (χ2v) is 6.06. The van der Waals surface area contributed by atoms with Crippen LogP contribution in [-0.2, 0) is 0 Å². The maximum atomic E-state index is 2.55. The monoisotopic (exact) mass is 253 g/mol. The summed E-state index contributed by atoms with van der Waals surface area (Å²) in [5.74, 6) is 0. The third kappa shape index (κ3) is 5.98. The minimum absolute atomic E-state index is 0.790. The van der Waals surface area contributed by atoms with Crippen molar-refractivity contribution in [3.63, 3.8) is 0 Å². The molecule has 1 fully saturated rings. The van der Waals surface area contributed by atoms with Gasteiger partial charge in [-0.2, -0.15) is 0 Å². The predicted octanol–water partition coefficient (Wildman–Crippen LogP) is 1.91. The van der Waals surface area contributed by atoms with Crippen LogP contribution in [0.25, 0.3) is 0 Å². The lowest BCUT2D eigenvalue weighted by Crippen LogP contribution is -2.44. The van der Waals surface area contributed by atoms with E-state index in [0.29, 0.717) is 0 Å². The van der Waals surface area contributed by atoms with Gasteiger partial charge in [-0.3, -0.25) is 0 Å². The van der Waals surface area contributed by atoms with Gasteiger partial charge in [-0.25, -0.2) is 0 Å². The highest BCUT2D eigenvalue weighted by atomic mass is 15.2. The molecule has 0 aromatic heterocycles. The molecule has 0 radical (unpaired) electrons. The van der Waals surface area contributed by atoms with E-state index in [0.717, 1.165) is 19.1 Å². The van der Waals surface area contributed by atoms with E-state index in [1.807, 2.05) is 0 Å². The second kappa shape index (κ2) is 7.93. The van der Waals surface area contributed by atoms with E-state index in [1.165, 1.54) is 38.0 Å². The van der Waals surface area contributed by atoms with E-state index in [1.54, 1.807) is 0 Å². The van der Waals surface area contributed by atoms with Gasteiger partial charge in [-0.15, -0.1) is 0 Å². The summed E-state index contributed by atoms with van der Waals surface area (Å²) in [5, 5.41) is 0. The van der Waals surface area contributed by atoms with E-state index < -0.39 is 0 Å². The van der Waals surface area contributed by atoms with Crippen LogP contribution >= 0.6 is 0 Å². The molecule has 0 unspecified atom stereocenters. The third-order valence-corrected chi connectivity index (χ3v) is 3.96. The Kier molecular flexibility index (Phi) is 6.90. The van der Waals surface area contributed by atoms with E-state index in [-0.39, 0.29) is 0 Å². The van der Waals surface area contributed by atoms with Gasteiger partial charge in [0.1, 0.15) is 0 Å². The number of hydrogen-bond acceptors (Lipinski definition) is 3. The molecule has 0 aromatic rings. The molecule has 1 rings (SSSR count). The quantitative estimate of drug-likeness (QED) is 0.670. The van der Waals surface area contributed by atoms with Crippen molar-refractivity contribution in [2.45, 2.75) is 32.7 Å². The summed E-state index contributed by atoms with van der Waals surface area (Å²) in [5.41, 5.74) is 1.41. The van der Waals surface area contributed by atoms with Gasteiger partial charge in [0.05, 0.1) is 0 Å². The molecule has 3 nitrogen and oxygen atoms in total. The van der Waals surface area contributed by atoms with E-state index >= 15 is 0 Å². The topological polar surface area (TPSA) is 9.72 Å². The SMILES string of the molecule is CC(C)=CCN(C)CCN(C)C1CCN(C)CC1. The molecular weight excluding hydrogens is 222 g/mol. The van der Waals surface area contributed by atoms with E-state index in [4.69, 9.17) is 0 Å². The number of likely N-dealkylation sites (N-methyl/N-ethyl adjacent to an activating group) is 2. The van der Waals surface area contributed by atoms with Crippen molar-refractivity contribution in [2.75, 3.05) is 53.9 Å². The summed E-state index contributed by atoms with van der Waals surface area (Å²) in [6.07, 6.45) is 4.95. The molecule has 0 bridgehead atoms. The molecule has 0 atom stereocenters. The average Bonchev–Trinajstić information content (AvgIpc) is 2.34. The maximum absolute atomic E-state index is 2.55. The highest BCUT2D eigenvalue weighted by molar-refractivity contribution is 4.94. The molecule has 1 saturated heterocycles. The smallest absolute Gasteiger partial charge is 0.0163 e. The molecule has 1 heterocycles. The Morgan fingerprint density at radius 1 is 1.17 bits per heavy atom. The molecule has 3 heteroatoms. The molecule has 0 aromatic carbocycles. The van der Waals surface area contributed by atoms with Crippen LogP contribution in [-0.4, -0.2) is 74.6 Å². The fraction of sp³-hybridized carbons (Fsp3) is 0.867. The van der Waals surface area contributed by atoms with Crippen molar-refractivity contribution in [3.05, 3.63) is 11.6 Å². The normalized spacial score (nSPS) is 18.6. The zero-order valence-electron chi connectivity index (χ0n) is 12.9. The third-order valence-electron chi connectivity index (χ3n) is 3.96. The number of likely N-dealkylation sites (tertiary alicyclic amines) is 1. The number of hydrogen-bond donors (Lipinski definition) is 0. The van der Waals surface area contributed by atoms with Crippen LogP contribution in [0.4, 0.5) is 0 Å². The second-order valence-electron chi connectivity index (χ2n) is 6.06. The average molecular weight is 253 g/mol. The van der Waals surface area contributed by atoms with Gasteiger partial charge >= 0.3 is 0 Å². The van der Waals surface area contributed by atoms with Gasteiger partial charge in [-0.1, -0.05) is 11.6 Å². The largest absolute Gasteiger partial charge is 0.306 e. The Labute approximate surface area is 113 Å². The summed E-state index contributed by atoms with van der Waals surface area (Å²) in [6.45, 7) is 10.2. The van der Waals surface area contributed by atoms with Crippen LogP contribution in [0.15, 0.2) is 11.6 Å². The summed E-state index contributed by atoms with van der Waals surface area (Å²) in [4.78, 5) is 7.38. The van der Waals surface area contributed by atoms with Crippen LogP contribution in [0.1, 0.15) is 26.7 Å². The molecule has 0 spiro atoms. The van der Waals surface area contributed by atoms with Crippen LogP contribution in [0.3, 0.4) is 0 Å². The molecule has 0 saturated carbocycles. The lowest BCUT2D eigenvalue weighted by atomic mass is 10.0. The fourth-order valence-electron chi connectivity index (χ4n) is 2.38. The van der Waals surface area contributed by atoms with Crippen molar-refractivity contribution in [1.29, 1.82) is 0 Å². The van der Waals surface area contributed by atoms with Crippen LogP contribution in [0.5, 0.6) is 0 Å². The lowest BCUT2D eigenvalue weighted by Gasteiger charge is -2.35. The first kappa shape index (κ1) is 15.7. The Morgan fingerprint density at radius 2 is 1.78 bits per heavy atom. The fourth-order valence-corrected chi connectivity index (χ4v) is 2.38. The van der Waals surface area contributed by atoms with Crippen molar-refractivity contribution in [3.8, 4) is 0 Å². The van der Waals surface area contributed by atoms with Crippen molar-refractivity contribution < 1.29 is 0 Å². The summed E-state index contributed by atoms with van der Waals surface area (Å²) >= 11 is 0. The molecule has 1 aliphatic rings. The number of rotatable bonds is 6. The van der Waals surface area contributed by atoms with Gasteiger partial charge in [0.15, 0.2) is 0 Å². The van der Waals surface area contributed by atoms with Crippen LogP contribution in [0.2, 0.25) is 0 Å². The van der Waals surface area contributed by atoms with Gasteiger partial charge in [0, 0.05) is 25.7 Å². The van der Waals surface area contributed by atoms with Gasteiger partial charge < -0.3 is 14.7 Å². The van der Waals surface area contributed by atoms with Gasteiger partial charge in [0.2, 0.25) is 0 Å². The lowest BCUT2D eigenvalue weighted by molar-refractivity contribution is 0.135. The first-order valence-electron chi connectivity index (χ1n) is 7.19. The highest BCUT2D eigenvalue weighted by Gasteiger charge is 2.20. The van der Waals surface area contributed by atoms with Crippen LogP contribution in [0, 0.1) is 0 Å². The van der Waals surface area contributed by atoms with Crippen molar-refractivity contribution in [2.24, 2.45) is 0 Å². The van der Waals surface area contributed by atoms with E-state index in [2.05, 4.69) is 55.8 Å². The van der Waals surface area contributed by atoms with Gasteiger partial charge in [-0.05, 0) is 60.9 Å². The maximum Gasteiger partial charge on any atom is 0.0163 e. The van der Waals surface area contributed by atoms with E-state index in [9.17, 15) is 0 Å². The standard InChI is InChI=1S/C15H31N3/c1-14(2)6-9-17(4)12-13-18(5)15-7-10-16(3)11-8-15/h6,15H,7-13H2,1-5H3. The Morgan fingerprint density at radius 3 is 2.33 bits per heavy atom. The predicted molar refractivity (Wildman–Crippen MR) is 80.1 cm³/mol. The Hall–Kier alpha value is -0.380. The number of allylic oxidation sites excluding steroid dienone is 1. The molecule has 18 heavy (non-hydrogen) atoms. The first-order valence-corrected chi connectivity index (χ1v) is 7.19. The summed E-state index contributed by atoms with van der Waals surface area (Å²) < 4.78 is 0. The number of nitrogens with zero attached hydrogens (tertiary/aromatic N) is 3. The molecule has 106 valence electrons. The minimum atomic E-state index is 0.790. The minimum Gasteiger partial charge on any atom is -0.306 e. The molecule has 0 N–H and O–H groups in total. The first-order chi connectivity index (χ1) is 8.49. The Bertz CT molecular complexity index is 250. The molecule has 0 amide bonds.